The Bertz CT molecular complexity index is 1060. The number of ether oxygens (including phenoxy) is 2. The molecule has 3 aromatic rings. The molecule has 0 radical (unpaired) electrons. The van der Waals surface area contributed by atoms with Crippen LogP contribution in [0.2, 0.25) is 0 Å². The van der Waals surface area contributed by atoms with E-state index >= 15 is 0 Å². The molecule has 8 heteroatoms. The quantitative estimate of drug-likeness (QED) is 0.697. The van der Waals surface area contributed by atoms with Crippen LogP contribution < -0.4 is 20.2 Å². The molecule has 2 aromatic carbocycles. The molecule has 0 unspecified atom stereocenters. The second-order valence-electron chi connectivity index (χ2n) is 5.70. The van der Waals surface area contributed by atoms with Gasteiger partial charge in [-0.3, -0.25) is 9.59 Å². The minimum Gasteiger partial charge on any atom is -0.497 e. The van der Waals surface area contributed by atoms with E-state index < -0.39 is 23.0 Å². The number of hydrogen-bond donors (Lipinski definition) is 1. The highest BCUT2D eigenvalue weighted by Crippen LogP contribution is 2.16. The first-order valence-corrected chi connectivity index (χ1v) is 8.11. The van der Waals surface area contributed by atoms with E-state index in [2.05, 4.69) is 5.32 Å². The molecule has 0 aliphatic rings. The van der Waals surface area contributed by atoms with Crippen molar-refractivity contribution in [3.05, 3.63) is 88.0 Å². The number of rotatable bonds is 6. The first-order chi connectivity index (χ1) is 13.5. The van der Waals surface area contributed by atoms with E-state index in [1.165, 1.54) is 6.07 Å². The van der Waals surface area contributed by atoms with Crippen molar-refractivity contribution >= 4 is 11.6 Å². The van der Waals surface area contributed by atoms with E-state index in [1.807, 2.05) is 0 Å². The van der Waals surface area contributed by atoms with E-state index in [0.717, 1.165) is 30.0 Å². The number of benzene rings is 2. The number of nitrogens with one attached hydrogen (secondary N) is 1. The predicted molar refractivity (Wildman–Crippen MR) is 96.6 cm³/mol. The van der Waals surface area contributed by atoms with Crippen molar-refractivity contribution in [1.29, 1.82) is 0 Å². The Labute approximate surface area is 158 Å². The van der Waals surface area contributed by atoms with Crippen LogP contribution in [-0.4, -0.2) is 13.0 Å². The molecule has 0 aliphatic carbocycles. The second-order valence-corrected chi connectivity index (χ2v) is 5.70. The van der Waals surface area contributed by atoms with Gasteiger partial charge in [-0.2, -0.15) is 0 Å². The van der Waals surface area contributed by atoms with Crippen molar-refractivity contribution in [2.75, 3.05) is 12.4 Å². The summed E-state index contributed by atoms with van der Waals surface area (Å²) in [6.45, 7) is 0.0996. The molecule has 144 valence electrons. The third kappa shape index (κ3) is 4.53. The normalized spacial score (nSPS) is 10.4. The first kappa shape index (κ1) is 19.1. The van der Waals surface area contributed by atoms with Crippen molar-refractivity contribution in [2.24, 2.45) is 0 Å². The van der Waals surface area contributed by atoms with Gasteiger partial charge < -0.3 is 19.2 Å². The predicted octanol–water partition coefficient (Wildman–Crippen LogP) is 3.76. The van der Waals surface area contributed by atoms with Crippen molar-refractivity contribution in [3.63, 3.8) is 0 Å². The van der Waals surface area contributed by atoms with Crippen LogP contribution in [0, 0.1) is 11.6 Å². The van der Waals surface area contributed by atoms with Gasteiger partial charge in [0.15, 0.2) is 17.4 Å². The van der Waals surface area contributed by atoms with Crippen LogP contribution in [0.3, 0.4) is 0 Å². The average Bonchev–Trinajstić information content (AvgIpc) is 2.70. The monoisotopic (exact) mass is 387 g/mol. The summed E-state index contributed by atoms with van der Waals surface area (Å²) in [5.41, 5.74) is 0.230. The Balaban J connectivity index is 1.68. The fourth-order valence-corrected chi connectivity index (χ4v) is 2.31. The summed E-state index contributed by atoms with van der Waals surface area (Å²) in [4.78, 5) is 24.2. The van der Waals surface area contributed by atoms with Gasteiger partial charge in [0.05, 0.1) is 7.11 Å². The van der Waals surface area contributed by atoms with Gasteiger partial charge in [-0.05, 0) is 29.8 Å². The van der Waals surface area contributed by atoms with Gasteiger partial charge >= 0.3 is 0 Å². The maximum absolute atomic E-state index is 13.2. The van der Waals surface area contributed by atoms with Crippen LogP contribution in [-0.2, 0) is 6.61 Å². The van der Waals surface area contributed by atoms with Gasteiger partial charge in [0.2, 0.25) is 11.2 Å². The summed E-state index contributed by atoms with van der Waals surface area (Å²) in [5.74, 6) is -2.67. The smallest absolute Gasteiger partial charge is 0.291 e. The van der Waals surface area contributed by atoms with Gasteiger partial charge in [0, 0.05) is 17.8 Å². The number of amides is 1. The third-order valence-electron chi connectivity index (χ3n) is 3.73. The topological polar surface area (TPSA) is 77.8 Å². The van der Waals surface area contributed by atoms with Gasteiger partial charge in [-0.1, -0.05) is 12.1 Å². The van der Waals surface area contributed by atoms with Crippen molar-refractivity contribution < 1.29 is 27.5 Å². The lowest BCUT2D eigenvalue weighted by molar-refractivity contribution is 0.0993. The molecular formula is C20H15F2NO5. The lowest BCUT2D eigenvalue weighted by atomic mass is 10.2. The number of methoxy groups -OCH3 is 1. The van der Waals surface area contributed by atoms with Crippen LogP contribution in [0.15, 0.2) is 64.0 Å². The van der Waals surface area contributed by atoms with Crippen molar-refractivity contribution in [1.82, 2.24) is 0 Å². The summed E-state index contributed by atoms with van der Waals surface area (Å²) in [7, 11) is 1.54. The molecule has 28 heavy (non-hydrogen) atoms. The summed E-state index contributed by atoms with van der Waals surface area (Å²) in [6, 6.07) is 10.9. The molecule has 0 saturated carbocycles. The van der Waals surface area contributed by atoms with Crippen LogP contribution >= 0.6 is 0 Å². The summed E-state index contributed by atoms with van der Waals surface area (Å²) >= 11 is 0. The van der Waals surface area contributed by atoms with E-state index in [4.69, 9.17) is 13.9 Å². The second kappa shape index (κ2) is 8.34. The molecule has 6 nitrogen and oxygen atoms in total. The Morgan fingerprint density at radius 1 is 1.11 bits per heavy atom. The standard InChI is InChI=1S/C20H15F2NO5/c1-26-14-4-2-3-12(7-14)10-27-19-11-28-18(9-17(19)24)20(25)23-13-5-6-15(21)16(22)8-13/h2-9,11H,10H2,1H3,(H,23,25). The average molecular weight is 387 g/mol. The maximum atomic E-state index is 13.2. The summed E-state index contributed by atoms with van der Waals surface area (Å²) in [6.07, 6.45) is 1.02. The molecule has 0 atom stereocenters. The molecule has 1 amide bonds. The van der Waals surface area contributed by atoms with E-state index in [1.54, 1.807) is 31.4 Å². The van der Waals surface area contributed by atoms with Crippen molar-refractivity contribution in [2.45, 2.75) is 6.61 Å². The maximum Gasteiger partial charge on any atom is 0.291 e. The van der Waals surface area contributed by atoms with Crippen LogP contribution in [0.1, 0.15) is 16.1 Å². The largest absolute Gasteiger partial charge is 0.497 e. The molecule has 3 rings (SSSR count). The first-order valence-electron chi connectivity index (χ1n) is 8.11. The Hall–Kier alpha value is -3.68. The minimum absolute atomic E-state index is 0.0184. The van der Waals surface area contributed by atoms with Crippen molar-refractivity contribution in [3.8, 4) is 11.5 Å². The highest BCUT2D eigenvalue weighted by molar-refractivity contribution is 6.02. The number of carbonyl (C=O) groups is 1. The Morgan fingerprint density at radius 3 is 2.64 bits per heavy atom. The lowest BCUT2D eigenvalue weighted by Gasteiger charge is -2.08. The number of hydrogen-bond acceptors (Lipinski definition) is 5. The summed E-state index contributed by atoms with van der Waals surface area (Å²) in [5, 5.41) is 2.31. The zero-order chi connectivity index (χ0) is 20.1. The molecule has 1 N–H and O–H groups in total. The van der Waals surface area contributed by atoms with Gasteiger partial charge in [0.25, 0.3) is 5.91 Å². The van der Waals surface area contributed by atoms with E-state index in [0.29, 0.717) is 5.75 Å². The highest BCUT2D eigenvalue weighted by atomic mass is 19.2. The minimum atomic E-state index is -1.11. The molecule has 0 aliphatic heterocycles. The highest BCUT2D eigenvalue weighted by Gasteiger charge is 2.14. The van der Waals surface area contributed by atoms with Gasteiger partial charge in [-0.15, -0.1) is 0 Å². The fraction of sp³-hybridized carbons (Fsp3) is 0.100. The zero-order valence-corrected chi connectivity index (χ0v) is 14.7. The SMILES string of the molecule is COc1cccc(COc2coc(C(=O)Nc3ccc(F)c(F)c3)cc2=O)c1. The molecule has 0 saturated heterocycles. The molecular weight excluding hydrogens is 372 g/mol. The zero-order valence-electron chi connectivity index (χ0n) is 14.7. The van der Waals surface area contributed by atoms with E-state index in [9.17, 15) is 18.4 Å². The van der Waals surface area contributed by atoms with Gasteiger partial charge in [-0.25, -0.2) is 8.78 Å². The molecule has 0 fully saturated rings. The van der Waals surface area contributed by atoms with Crippen LogP contribution in [0.5, 0.6) is 11.5 Å². The molecule has 0 spiro atoms. The van der Waals surface area contributed by atoms with Gasteiger partial charge in [0.1, 0.15) is 18.6 Å². The van der Waals surface area contributed by atoms with Crippen LogP contribution in [0.25, 0.3) is 0 Å². The third-order valence-corrected chi connectivity index (χ3v) is 3.73. The number of anilines is 1. The van der Waals surface area contributed by atoms with Crippen LogP contribution in [0.4, 0.5) is 14.5 Å². The number of carbonyl (C=O) groups excluding carboxylic acids is 1. The summed E-state index contributed by atoms with van der Waals surface area (Å²) < 4.78 is 41.8. The fourth-order valence-electron chi connectivity index (χ4n) is 2.31. The Kier molecular flexibility index (Phi) is 5.69. The van der Waals surface area contributed by atoms with E-state index in [-0.39, 0.29) is 23.8 Å². The molecule has 1 heterocycles. The lowest BCUT2D eigenvalue weighted by Crippen LogP contribution is -2.16. The Morgan fingerprint density at radius 2 is 1.93 bits per heavy atom. The molecule has 0 bridgehead atoms. The number of halogens is 2. The molecule has 1 aromatic heterocycles.